The Kier molecular flexibility index (Phi) is 16.6. The second-order valence-electron chi connectivity index (χ2n) is 18.6. The van der Waals surface area contributed by atoms with E-state index in [4.69, 9.17) is 15.0 Å². The van der Waals surface area contributed by atoms with Crippen LogP contribution in [0.1, 0.15) is 101 Å². The van der Waals surface area contributed by atoms with Gasteiger partial charge in [-0.25, -0.2) is 15.0 Å². The number of fused-ring (bicyclic) bond motifs is 1. The Bertz CT molecular complexity index is 2710. The summed E-state index contributed by atoms with van der Waals surface area (Å²) in [5.41, 5.74) is 15.3. The van der Waals surface area contributed by atoms with E-state index in [2.05, 4.69) is 125 Å². The SMILES string of the molecule is C=C.C=C(C)C.CC(C)[C@@H](C)C1=CC(c2cnc(N3CCC(c4cc5nnc(-c6ccccc6)cc5n4C4CC4)C3)nc2)=NC1.Cc1ncsc1-c1ccc(CNC(=O)C2CCCN2C=O)cc1. The van der Waals surface area contributed by atoms with Crippen molar-refractivity contribution in [2.45, 2.75) is 98.2 Å². The highest BCUT2D eigenvalue weighted by molar-refractivity contribution is 7.13. The number of aliphatic imine (C=N–C) groups is 1. The molecule has 0 spiro atoms. The fraction of sp³-hybridized carbons (Fsp3) is 0.382. The van der Waals surface area contributed by atoms with Crippen molar-refractivity contribution in [1.82, 2.24) is 39.9 Å². The monoisotopic (exact) mass is 931 g/mol. The number of hydrogen-bond acceptors (Lipinski definition) is 10. The van der Waals surface area contributed by atoms with Crippen molar-refractivity contribution >= 4 is 46.3 Å². The Labute approximate surface area is 406 Å². The van der Waals surface area contributed by atoms with Crippen LogP contribution in [0.2, 0.25) is 0 Å². The van der Waals surface area contributed by atoms with E-state index >= 15 is 0 Å². The molecular formula is C55H66N10O2S. The van der Waals surface area contributed by atoms with Crippen molar-refractivity contribution in [3.63, 3.8) is 0 Å². The number of nitrogens with one attached hydrogen (secondary N) is 1. The molecule has 7 heterocycles. The van der Waals surface area contributed by atoms with Crippen LogP contribution in [0.4, 0.5) is 5.95 Å². The summed E-state index contributed by atoms with van der Waals surface area (Å²) in [6.45, 7) is 26.1. The molecular weight excluding hydrogens is 865 g/mol. The Morgan fingerprint density at radius 1 is 0.897 bits per heavy atom. The second kappa shape index (κ2) is 22.9. The summed E-state index contributed by atoms with van der Waals surface area (Å²) in [6, 6.07) is 23.2. The number of thiazole rings is 1. The first-order chi connectivity index (χ1) is 33.0. The van der Waals surface area contributed by atoms with E-state index in [1.165, 1.54) is 40.1 Å². The van der Waals surface area contributed by atoms with Crippen LogP contribution in [-0.2, 0) is 16.1 Å². The van der Waals surface area contributed by atoms with Gasteiger partial charge in [0, 0.05) is 67.4 Å². The molecule has 4 aromatic heterocycles. The lowest BCUT2D eigenvalue weighted by Gasteiger charge is -2.19. The molecule has 3 fully saturated rings. The van der Waals surface area contributed by atoms with Crippen LogP contribution in [0.3, 0.4) is 0 Å². The summed E-state index contributed by atoms with van der Waals surface area (Å²) in [6.07, 6.45) is 12.1. The first-order valence-corrected chi connectivity index (χ1v) is 24.7. The predicted molar refractivity (Wildman–Crippen MR) is 278 cm³/mol. The predicted octanol–water partition coefficient (Wildman–Crippen LogP) is 11.0. The summed E-state index contributed by atoms with van der Waals surface area (Å²) < 4.78 is 2.55. The summed E-state index contributed by atoms with van der Waals surface area (Å²) in [4.78, 5) is 46.7. The van der Waals surface area contributed by atoms with E-state index in [1.807, 2.05) is 56.9 Å². The number of carbonyl (C=O) groups excluding carboxylic acids is 2. The number of carbonyl (C=O) groups is 2. The van der Waals surface area contributed by atoms with Crippen molar-refractivity contribution < 1.29 is 9.59 Å². The van der Waals surface area contributed by atoms with Gasteiger partial charge in [-0.2, -0.15) is 0 Å². The molecule has 1 aliphatic carbocycles. The van der Waals surface area contributed by atoms with Crippen LogP contribution in [0, 0.1) is 18.8 Å². The van der Waals surface area contributed by atoms with E-state index in [0.29, 0.717) is 36.9 Å². The molecule has 1 N–H and O–H groups in total. The maximum absolute atomic E-state index is 12.2. The molecule has 3 atom stereocenters. The van der Waals surface area contributed by atoms with Gasteiger partial charge in [0.15, 0.2) is 0 Å². The minimum Gasteiger partial charge on any atom is -0.350 e. The Hall–Kier alpha value is -6.60. The molecule has 3 aliphatic heterocycles. The van der Waals surface area contributed by atoms with Crippen molar-refractivity contribution in [3.8, 4) is 21.7 Å². The molecule has 2 saturated heterocycles. The quantitative estimate of drug-likeness (QED) is 0.0947. The number of aryl methyl sites for hydroxylation is 1. The fourth-order valence-corrected chi connectivity index (χ4v) is 9.63. The van der Waals surface area contributed by atoms with Crippen LogP contribution in [0.15, 0.2) is 127 Å². The van der Waals surface area contributed by atoms with Gasteiger partial charge in [-0.05, 0) is 99.6 Å². The van der Waals surface area contributed by atoms with E-state index < -0.39 is 0 Å². The van der Waals surface area contributed by atoms with E-state index in [-0.39, 0.29) is 11.9 Å². The topological polar surface area (TPSA) is 134 Å². The molecule has 12 nitrogen and oxygen atoms in total. The summed E-state index contributed by atoms with van der Waals surface area (Å²) in [7, 11) is 0. The van der Waals surface area contributed by atoms with Gasteiger partial charge in [0.2, 0.25) is 18.3 Å². The molecule has 10 rings (SSSR count). The van der Waals surface area contributed by atoms with Gasteiger partial charge in [-0.15, -0.1) is 41.3 Å². The third-order valence-corrected chi connectivity index (χ3v) is 13.9. The molecule has 0 radical (unpaired) electrons. The van der Waals surface area contributed by atoms with Crippen LogP contribution >= 0.6 is 11.3 Å². The molecule has 1 saturated carbocycles. The van der Waals surface area contributed by atoms with Crippen LogP contribution in [-0.4, -0.2) is 84.9 Å². The largest absolute Gasteiger partial charge is 0.350 e. The van der Waals surface area contributed by atoms with Gasteiger partial charge in [-0.3, -0.25) is 14.6 Å². The van der Waals surface area contributed by atoms with Crippen LogP contribution < -0.4 is 10.2 Å². The number of likely N-dealkylation sites (tertiary alicyclic amines) is 1. The van der Waals surface area contributed by atoms with Crippen molar-refractivity contribution in [2.24, 2.45) is 16.8 Å². The number of benzene rings is 2. The van der Waals surface area contributed by atoms with Gasteiger partial charge in [0.05, 0.1) is 39.5 Å². The zero-order valence-electron chi connectivity index (χ0n) is 40.6. The number of rotatable bonds is 12. The smallest absolute Gasteiger partial charge is 0.243 e. The second-order valence-corrected chi connectivity index (χ2v) is 19.4. The zero-order valence-corrected chi connectivity index (χ0v) is 41.4. The minimum absolute atomic E-state index is 0.0722. The van der Waals surface area contributed by atoms with Gasteiger partial charge in [0.25, 0.3) is 0 Å². The van der Waals surface area contributed by atoms with Gasteiger partial charge < -0.3 is 19.7 Å². The van der Waals surface area contributed by atoms with Gasteiger partial charge in [-0.1, -0.05) is 80.9 Å². The number of nitrogens with zero attached hydrogens (tertiary/aromatic N) is 9. The Balaban J connectivity index is 0.000000201. The third kappa shape index (κ3) is 11.9. The maximum Gasteiger partial charge on any atom is 0.243 e. The highest BCUT2D eigenvalue weighted by atomic mass is 32.1. The highest BCUT2D eigenvalue weighted by Gasteiger charge is 2.34. The van der Waals surface area contributed by atoms with E-state index in [9.17, 15) is 9.59 Å². The average Bonchev–Trinajstić information content (AvgIpc) is 3.94. The number of allylic oxidation sites excluding steroid dienone is 2. The normalized spacial score (nSPS) is 17.8. The summed E-state index contributed by atoms with van der Waals surface area (Å²) in [5, 5.41) is 12.1. The lowest BCUT2D eigenvalue weighted by molar-refractivity contribution is -0.131. The molecule has 2 unspecified atom stereocenters. The summed E-state index contributed by atoms with van der Waals surface area (Å²) in [5.74, 6) is 2.31. The third-order valence-electron chi connectivity index (χ3n) is 12.9. The van der Waals surface area contributed by atoms with Crippen LogP contribution in [0.5, 0.6) is 0 Å². The molecule has 4 aliphatic rings. The Morgan fingerprint density at radius 2 is 1.62 bits per heavy atom. The first kappa shape index (κ1) is 49.3. The van der Waals surface area contributed by atoms with Gasteiger partial charge >= 0.3 is 0 Å². The fourth-order valence-electron chi connectivity index (χ4n) is 8.82. The lowest BCUT2D eigenvalue weighted by atomic mass is 9.90. The molecule has 0 bridgehead atoms. The minimum atomic E-state index is -0.313. The van der Waals surface area contributed by atoms with Crippen molar-refractivity contribution in [3.05, 3.63) is 144 Å². The van der Waals surface area contributed by atoms with Crippen LogP contribution in [0.25, 0.3) is 32.7 Å². The number of aromatic nitrogens is 6. The molecule has 13 heteroatoms. The zero-order chi connectivity index (χ0) is 48.3. The number of amides is 2. The van der Waals surface area contributed by atoms with Crippen molar-refractivity contribution in [1.29, 1.82) is 0 Å². The molecule has 6 aromatic rings. The standard InChI is InChI=1S/C32H35N7.C17H19N3O2S.C4H8.C2H4/c1-20(2)21(3)24-13-27(33-16-24)25-17-34-32(35-18-25)38-12-11-23(19-38)30-15-29-31(39(30)26-9-10-26)14-28(36-37-29)22-7-5-4-6-8-22;1-12-16(23-10-19-12)14-6-4-13(5-7-14)9-18-17(22)15-3-2-8-20(15)11-21;1-4(2)3;1-2/h4-8,13-15,17-18,20-21,23,26H,9-12,16,19H2,1-3H3;4-7,10-11,15H,2-3,8-9H2,1H3,(H,18,22);1H2,2-3H3;1-2H2/t21-,23?;;;/m1.../s1. The van der Waals surface area contributed by atoms with E-state index in [0.717, 1.165) is 96.1 Å². The average molecular weight is 931 g/mol. The molecule has 2 amide bonds. The lowest BCUT2D eigenvalue weighted by Crippen LogP contribution is -2.42. The van der Waals surface area contributed by atoms with Gasteiger partial charge in [0.1, 0.15) is 11.6 Å². The first-order valence-electron chi connectivity index (χ1n) is 23.8. The molecule has 354 valence electrons. The molecule has 2 aromatic carbocycles. The maximum atomic E-state index is 12.2. The highest BCUT2D eigenvalue weighted by Crippen LogP contribution is 2.43. The van der Waals surface area contributed by atoms with Crippen molar-refractivity contribution in [2.75, 3.05) is 31.1 Å². The number of anilines is 1. The Morgan fingerprint density at radius 3 is 2.26 bits per heavy atom. The molecule has 68 heavy (non-hydrogen) atoms. The summed E-state index contributed by atoms with van der Waals surface area (Å²) >= 11 is 1.63. The van der Waals surface area contributed by atoms with E-state index in [1.54, 1.807) is 16.2 Å². The number of hydrogen-bond donors (Lipinski definition) is 1.